The molecule has 0 radical (unpaired) electrons. The van der Waals surface area contributed by atoms with Gasteiger partial charge in [-0.3, -0.25) is 19.9 Å². The Morgan fingerprint density at radius 2 is 1.77 bits per heavy atom. The summed E-state index contributed by atoms with van der Waals surface area (Å²) in [5.74, 6) is -0.645. The zero-order chi connectivity index (χ0) is 21.1. The number of para-hydroxylation sites is 1. The van der Waals surface area contributed by atoms with Gasteiger partial charge in [0.1, 0.15) is 5.54 Å². The molecule has 2 saturated heterocycles. The Hall–Kier alpha value is -2.32. The normalized spacial score (nSPS) is 21.8. The molecule has 2 heterocycles. The fraction of sp³-hybridized carbons (Fsp3) is 0.571. The number of benzene rings is 1. The highest BCUT2D eigenvalue weighted by Gasteiger charge is 2.52. The maximum Gasteiger partial charge on any atom is 0.344 e. The molecule has 0 aromatic heterocycles. The number of carbonyl (C=O) groups is 3. The second-order valence-corrected chi connectivity index (χ2v) is 8.69. The van der Waals surface area contributed by atoms with Gasteiger partial charge in [-0.05, 0) is 25.0 Å². The van der Waals surface area contributed by atoms with Crippen LogP contribution in [0.1, 0.15) is 38.5 Å². The summed E-state index contributed by atoms with van der Waals surface area (Å²) in [6.07, 6.45) is 4.40. The molecule has 30 heavy (non-hydrogen) atoms. The summed E-state index contributed by atoms with van der Waals surface area (Å²) in [6.45, 7) is 3.90. The van der Waals surface area contributed by atoms with Gasteiger partial charge in [-0.2, -0.15) is 5.01 Å². The first-order valence-electron chi connectivity index (χ1n) is 10.7. The SMILES string of the molecule is O=C(CCN1CCN(c2ccccc2Cl)CC1)NN1C(=O)NC2(CCCCC2)C1=O. The van der Waals surface area contributed by atoms with E-state index in [1.165, 1.54) is 0 Å². The molecule has 1 spiro atoms. The topological polar surface area (TPSA) is 85.0 Å². The minimum atomic E-state index is -0.822. The highest BCUT2D eigenvalue weighted by Crippen LogP contribution is 2.33. The van der Waals surface area contributed by atoms with Gasteiger partial charge < -0.3 is 10.2 Å². The Morgan fingerprint density at radius 3 is 2.47 bits per heavy atom. The number of hydrogen-bond donors (Lipinski definition) is 2. The predicted octanol–water partition coefficient (Wildman–Crippen LogP) is 2.14. The highest BCUT2D eigenvalue weighted by atomic mass is 35.5. The maximum absolute atomic E-state index is 12.7. The molecule has 4 amide bonds. The molecule has 9 heteroatoms. The number of hydrogen-bond acceptors (Lipinski definition) is 5. The van der Waals surface area contributed by atoms with Gasteiger partial charge in [0, 0.05) is 39.1 Å². The summed E-state index contributed by atoms with van der Waals surface area (Å²) < 4.78 is 0. The smallest absolute Gasteiger partial charge is 0.344 e. The molecule has 1 aromatic rings. The Bertz CT molecular complexity index is 819. The lowest BCUT2D eigenvalue weighted by Crippen LogP contribution is -2.51. The fourth-order valence-electron chi connectivity index (χ4n) is 4.58. The van der Waals surface area contributed by atoms with Gasteiger partial charge >= 0.3 is 6.03 Å². The summed E-state index contributed by atoms with van der Waals surface area (Å²) in [5.41, 5.74) is 2.72. The molecule has 8 nitrogen and oxygen atoms in total. The number of hydrazine groups is 1. The molecule has 4 rings (SSSR count). The number of imide groups is 1. The number of amides is 4. The monoisotopic (exact) mass is 433 g/mol. The van der Waals surface area contributed by atoms with Crippen molar-refractivity contribution in [2.24, 2.45) is 0 Å². The Kier molecular flexibility index (Phi) is 6.15. The van der Waals surface area contributed by atoms with Gasteiger partial charge in [0.25, 0.3) is 5.91 Å². The van der Waals surface area contributed by atoms with Crippen LogP contribution >= 0.6 is 11.6 Å². The number of halogens is 1. The lowest BCUT2D eigenvalue weighted by molar-refractivity contribution is -0.140. The molecule has 3 fully saturated rings. The van der Waals surface area contributed by atoms with Crippen LogP contribution in [0.2, 0.25) is 5.02 Å². The first-order valence-corrected chi connectivity index (χ1v) is 11.0. The molecule has 3 aliphatic rings. The number of nitrogens with one attached hydrogen (secondary N) is 2. The average molecular weight is 434 g/mol. The van der Waals surface area contributed by atoms with E-state index in [0.29, 0.717) is 19.4 Å². The Labute approximate surface area is 181 Å². The van der Waals surface area contributed by atoms with Gasteiger partial charge in [-0.15, -0.1) is 0 Å². The van der Waals surface area contributed by atoms with E-state index in [2.05, 4.69) is 20.5 Å². The van der Waals surface area contributed by atoms with Crippen LogP contribution in [0.5, 0.6) is 0 Å². The van der Waals surface area contributed by atoms with Gasteiger partial charge in [0.15, 0.2) is 0 Å². The molecular weight excluding hydrogens is 406 g/mol. The Morgan fingerprint density at radius 1 is 1.07 bits per heavy atom. The van der Waals surface area contributed by atoms with Crippen molar-refractivity contribution in [1.82, 2.24) is 20.7 Å². The van der Waals surface area contributed by atoms with Gasteiger partial charge in [-0.1, -0.05) is 43.0 Å². The third-order valence-electron chi connectivity index (χ3n) is 6.33. The van der Waals surface area contributed by atoms with E-state index in [1.54, 1.807) is 0 Å². The number of nitrogens with zero attached hydrogens (tertiary/aromatic N) is 3. The highest BCUT2D eigenvalue weighted by molar-refractivity contribution is 6.33. The molecule has 0 unspecified atom stereocenters. The summed E-state index contributed by atoms with van der Waals surface area (Å²) >= 11 is 6.28. The molecule has 2 aliphatic heterocycles. The van der Waals surface area contributed by atoms with Crippen molar-refractivity contribution < 1.29 is 14.4 Å². The second-order valence-electron chi connectivity index (χ2n) is 8.28. The largest absolute Gasteiger partial charge is 0.368 e. The summed E-state index contributed by atoms with van der Waals surface area (Å²) in [6, 6.07) is 7.28. The van der Waals surface area contributed by atoms with Crippen LogP contribution in [-0.4, -0.2) is 66.0 Å². The van der Waals surface area contributed by atoms with Crippen LogP contribution in [0.3, 0.4) is 0 Å². The molecular formula is C21H28ClN5O3. The standard InChI is InChI=1S/C21H28ClN5O3/c22-16-6-2-3-7-17(16)26-14-12-25(13-15-26)11-8-18(28)24-27-19(29)21(23-20(27)30)9-4-1-5-10-21/h2-3,6-7H,1,4-5,8-15H2,(H,23,30)(H,24,28). The van der Waals surface area contributed by atoms with E-state index in [0.717, 1.165) is 61.2 Å². The van der Waals surface area contributed by atoms with Crippen LogP contribution < -0.4 is 15.6 Å². The van der Waals surface area contributed by atoms with Crippen molar-refractivity contribution in [3.05, 3.63) is 29.3 Å². The van der Waals surface area contributed by atoms with Gasteiger partial charge in [0.05, 0.1) is 10.7 Å². The first-order chi connectivity index (χ1) is 14.5. The molecule has 1 aliphatic carbocycles. The molecule has 1 saturated carbocycles. The van der Waals surface area contributed by atoms with E-state index in [1.807, 2.05) is 24.3 Å². The van der Waals surface area contributed by atoms with E-state index >= 15 is 0 Å². The predicted molar refractivity (Wildman–Crippen MR) is 114 cm³/mol. The number of anilines is 1. The quantitative estimate of drug-likeness (QED) is 0.695. The van der Waals surface area contributed by atoms with Crippen LogP contribution in [-0.2, 0) is 9.59 Å². The molecule has 0 bridgehead atoms. The van der Waals surface area contributed by atoms with Crippen molar-refractivity contribution in [3.8, 4) is 0 Å². The fourth-order valence-corrected chi connectivity index (χ4v) is 4.83. The summed E-state index contributed by atoms with van der Waals surface area (Å²) in [5, 5.41) is 4.42. The van der Waals surface area contributed by atoms with Crippen molar-refractivity contribution in [2.75, 3.05) is 37.6 Å². The Balaban J connectivity index is 1.23. The molecule has 2 N–H and O–H groups in total. The third-order valence-corrected chi connectivity index (χ3v) is 6.65. The zero-order valence-corrected chi connectivity index (χ0v) is 17.8. The molecule has 1 aromatic carbocycles. The minimum Gasteiger partial charge on any atom is -0.368 e. The number of carbonyl (C=O) groups excluding carboxylic acids is 3. The average Bonchev–Trinajstić information content (AvgIpc) is 2.97. The second kappa shape index (κ2) is 8.81. The van der Waals surface area contributed by atoms with E-state index < -0.39 is 11.6 Å². The lowest BCUT2D eigenvalue weighted by atomic mass is 9.82. The number of urea groups is 1. The number of piperazine rings is 1. The molecule has 162 valence electrons. The van der Waals surface area contributed by atoms with Crippen LogP contribution in [0, 0.1) is 0 Å². The van der Waals surface area contributed by atoms with Crippen molar-refractivity contribution in [3.63, 3.8) is 0 Å². The number of rotatable bonds is 5. The maximum atomic E-state index is 12.7. The zero-order valence-electron chi connectivity index (χ0n) is 17.0. The minimum absolute atomic E-state index is 0.232. The summed E-state index contributed by atoms with van der Waals surface area (Å²) in [4.78, 5) is 41.8. The summed E-state index contributed by atoms with van der Waals surface area (Å²) in [7, 11) is 0. The lowest BCUT2D eigenvalue weighted by Gasteiger charge is -2.36. The van der Waals surface area contributed by atoms with Crippen LogP contribution in [0.4, 0.5) is 10.5 Å². The van der Waals surface area contributed by atoms with Crippen molar-refractivity contribution in [1.29, 1.82) is 0 Å². The van der Waals surface area contributed by atoms with Crippen LogP contribution in [0.25, 0.3) is 0 Å². The van der Waals surface area contributed by atoms with Crippen LogP contribution in [0.15, 0.2) is 24.3 Å². The first kappa shape index (κ1) is 20.9. The van der Waals surface area contributed by atoms with Crippen molar-refractivity contribution >= 4 is 35.1 Å². The van der Waals surface area contributed by atoms with Gasteiger partial charge in [-0.25, -0.2) is 4.79 Å². The molecule has 0 atom stereocenters. The van der Waals surface area contributed by atoms with Gasteiger partial charge in [0.2, 0.25) is 5.91 Å². The van der Waals surface area contributed by atoms with E-state index in [4.69, 9.17) is 11.6 Å². The van der Waals surface area contributed by atoms with Crippen molar-refractivity contribution in [2.45, 2.75) is 44.1 Å². The third kappa shape index (κ3) is 4.25. The van der Waals surface area contributed by atoms with E-state index in [9.17, 15) is 14.4 Å². The van der Waals surface area contributed by atoms with E-state index in [-0.39, 0.29) is 18.2 Å².